The third-order valence-electron chi connectivity index (χ3n) is 4.58. The number of fused-ring (bicyclic) bond motifs is 1. The molecule has 0 spiro atoms. The van der Waals surface area contributed by atoms with Crippen LogP contribution < -0.4 is 10.5 Å². The van der Waals surface area contributed by atoms with Crippen molar-refractivity contribution in [2.75, 3.05) is 33.3 Å². The summed E-state index contributed by atoms with van der Waals surface area (Å²) >= 11 is 0. The molecule has 1 saturated heterocycles. The second-order valence-corrected chi connectivity index (χ2v) is 6.43. The molecule has 1 aliphatic rings. The zero-order valence-corrected chi connectivity index (χ0v) is 14.5. The molecule has 0 atom stereocenters. The normalized spacial score (nSPS) is 14.8. The van der Waals surface area contributed by atoms with Gasteiger partial charge in [0, 0.05) is 30.6 Å². The molecule has 1 amide bonds. The van der Waals surface area contributed by atoms with E-state index in [1.165, 1.54) is 33.0 Å². The van der Waals surface area contributed by atoms with Crippen LogP contribution >= 0.6 is 0 Å². The molecule has 25 heavy (non-hydrogen) atoms. The molecule has 134 valence electrons. The maximum atomic E-state index is 12.2. The van der Waals surface area contributed by atoms with Crippen LogP contribution in [0.3, 0.4) is 0 Å². The van der Waals surface area contributed by atoms with Crippen LogP contribution in [0.25, 0.3) is 10.9 Å². The number of carbonyl (C=O) groups is 1. The largest absolute Gasteiger partial charge is 0.493 e. The maximum absolute atomic E-state index is 12.2. The van der Waals surface area contributed by atoms with Crippen molar-refractivity contribution in [3.05, 3.63) is 30.0 Å². The molecule has 0 saturated carbocycles. The Kier molecular flexibility index (Phi) is 5.23. The topological polar surface area (TPSA) is 98.4 Å². The number of benzene rings is 1. The Balaban J connectivity index is 1.59. The lowest BCUT2D eigenvalue weighted by Gasteiger charge is -2.14. The number of hydrogen-bond donors (Lipinski definition) is 3. The Bertz CT molecular complexity index is 764. The molecule has 1 aromatic heterocycles. The molecule has 7 nitrogen and oxygen atoms in total. The zero-order chi connectivity index (χ0) is 17.8. The Morgan fingerprint density at radius 2 is 2.12 bits per heavy atom. The number of H-pyrrole nitrogens is 1. The number of rotatable bonds is 6. The highest BCUT2D eigenvalue weighted by Crippen LogP contribution is 2.22. The number of aromatic nitrogens is 1. The lowest BCUT2D eigenvalue weighted by molar-refractivity contribution is 0.0864. The molecule has 3 rings (SSSR count). The summed E-state index contributed by atoms with van der Waals surface area (Å²) in [7, 11) is 1.48. The number of amides is 1. The van der Waals surface area contributed by atoms with Gasteiger partial charge in [-0.15, -0.1) is 0 Å². The van der Waals surface area contributed by atoms with Crippen LogP contribution in [-0.2, 0) is 0 Å². The van der Waals surface area contributed by atoms with E-state index in [0.29, 0.717) is 12.3 Å². The van der Waals surface area contributed by atoms with Crippen LogP contribution in [0.4, 0.5) is 0 Å². The van der Waals surface area contributed by atoms with Gasteiger partial charge < -0.3 is 20.4 Å². The summed E-state index contributed by atoms with van der Waals surface area (Å²) in [4.78, 5) is 18.9. The van der Waals surface area contributed by atoms with E-state index in [4.69, 9.17) is 15.9 Å². The highest BCUT2D eigenvalue weighted by atomic mass is 16.5. The smallest absolute Gasteiger partial charge is 0.276 e. The average Bonchev–Trinajstić information content (AvgIpc) is 3.26. The van der Waals surface area contributed by atoms with Crippen molar-refractivity contribution >= 4 is 22.8 Å². The average molecular weight is 343 g/mol. The lowest BCUT2D eigenvalue weighted by atomic mass is 10.2. The van der Waals surface area contributed by atoms with Crippen LogP contribution in [0, 0.1) is 5.41 Å². The second kappa shape index (κ2) is 7.57. The SMILES string of the molecule is CN(C(=N)N)C(=O)c1cc2ccc(OCCCN3CCCC3)cc2[nH]1. The molecule has 1 aromatic carbocycles. The molecule has 7 heteroatoms. The summed E-state index contributed by atoms with van der Waals surface area (Å²) in [5.41, 5.74) is 6.59. The van der Waals surface area contributed by atoms with Gasteiger partial charge in [0.15, 0.2) is 5.96 Å². The number of hydrogen-bond acceptors (Lipinski definition) is 4. The summed E-state index contributed by atoms with van der Waals surface area (Å²) in [6.45, 7) is 4.18. The molecule has 2 heterocycles. The number of nitrogens with zero attached hydrogens (tertiary/aromatic N) is 2. The first-order valence-electron chi connectivity index (χ1n) is 8.64. The fourth-order valence-electron chi connectivity index (χ4n) is 3.09. The third kappa shape index (κ3) is 4.11. The molecule has 1 fully saturated rings. The first-order valence-corrected chi connectivity index (χ1v) is 8.64. The molecule has 0 radical (unpaired) electrons. The molecule has 0 unspecified atom stereocenters. The molecular formula is C18H25N5O2. The van der Waals surface area contributed by atoms with E-state index in [-0.39, 0.29) is 11.9 Å². The van der Waals surface area contributed by atoms with Crippen molar-refractivity contribution in [2.24, 2.45) is 5.73 Å². The maximum Gasteiger partial charge on any atom is 0.276 e. The van der Waals surface area contributed by atoms with Crippen molar-refractivity contribution in [3.63, 3.8) is 0 Å². The first kappa shape index (κ1) is 17.3. The van der Waals surface area contributed by atoms with Crippen molar-refractivity contribution in [1.82, 2.24) is 14.8 Å². The number of ether oxygens (including phenoxy) is 1. The van der Waals surface area contributed by atoms with Gasteiger partial charge in [0.05, 0.1) is 6.61 Å². The van der Waals surface area contributed by atoms with Crippen molar-refractivity contribution in [2.45, 2.75) is 19.3 Å². The number of nitrogens with one attached hydrogen (secondary N) is 2. The summed E-state index contributed by atoms with van der Waals surface area (Å²) in [5, 5.41) is 8.27. The predicted molar refractivity (Wildman–Crippen MR) is 98.1 cm³/mol. The Labute approximate surface area is 147 Å². The Hall–Kier alpha value is -2.54. The van der Waals surface area contributed by atoms with Crippen molar-refractivity contribution in [3.8, 4) is 5.75 Å². The second-order valence-electron chi connectivity index (χ2n) is 6.43. The first-order chi connectivity index (χ1) is 12.0. The lowest BCUT2D eigenvalue weighted by Crippen LogP contribution is -2.38. The Morgan fingerprint density at radius 1 is 1.36 bits per heavy atom. The summed E-state index contributed by atoms with van der Waals surface area (Å²) in [6, 6.07) is 7.49. The number of aromatic amines is 1. The molecule has 0 bridgehead atoms. The van der Waals surface area contributed by atoms with E-state index in [2.05, 4.69) is 9.88 Å². The van der Waals surface area contributed by atoms with Crippen LogP contribution in [0.2, 0.25) is 0 Å². The van der Waals surface area contributed by atoms with Crippen LogP contribution in [0.5, 0.6) is 5.75 Å². The van der Waals surface area contributed by atoms with Crippen LogP contribution in [-0.4, -0.2) is 59.9 Å². The zero-order valence-electron chi connectivity index (χ0n) is 14.5. The standard InChI is InChI=1S/C18H25N5O2/c1-22(18(19)20)17(24)16-11-13-5-6-14(12-15(13)21-16)25-10-4-9-23-7-2-3-8-23/h5-6,11-12,21H,2-4,7-10H2,1H3,(H3,19,20). The molecule has 0 aliphatic carbocycles. The number of carbonyl (C=O) groups excluding carboxylic acids is 1. The summed E-state index contributed by atoms with van der Waals surface area (Å²) in [6.07, 6.45) is 3.63. The predicted octanol–water partition coefficient (Wildman–Crippen LogP) is 2.00. The highest BCUT2D eigenvalue weighted by Gasteiger charge is 2.16. The summed E-state index contributed by atoms with van der Waals surface area (Å²) in [5.74, 6) is 0.164. The molecule has 4 N–H and O–H groups in total. The van der Waals surface area contributed by atoms with Crippen molar-refractivity contribution in [1.29, 1.82) is 5.41 Å². The van der Waals surface area contributed by atoms with E-state index >= 15 is 0 Å². The third-order valence-corrected chi connectivity index (χ3v) is 4.58. The van der Waals surface area contributed by atoms with Gasteiger partial charge in [0.1, 0.15) is 11.4 Å². The van der Waals surface area contributed by atoms with Gasteiger partial charge in [-0.05, 0) is 50.6 Å². The van der Waals surface area contributed by atoms with Gasteiger partial charge in [-0.1, -0.05) is 0 Å². The quantitative estimate of drug-likeness (QED) is 0.424. The Morgan fingerprint density at radius 3 is 2.84 bits per heavy atom. The number of nitrogens with two attached hydrogens (primary N) is 1. The van der Waals surface area contributed by atoms with Gasteiger partial charge in [-0.3, -0.25) is 15.1 Å². The summed E-state index contributed by atoms with van der Waals surface area (Å²) < 4.78 is 5.83. The molecule has 1 aliphatic heterocycles. The fraction of sp³-hybridized carbons (Fsp3) is 0.444. The number of likely N-dealkylation sites (tertiary alicyclic amines) is 1. The fourth-order valence-corrected chi connectivity index (χ4v) is 3.09. The van der Waals surface area contributed by atoms with E-state index in [1.54, 1.807) is 6.07 Å². The van der Waals surface area contributed by atoms with Crippen molar-refractivity contribution < 1.29 is 9.53 Å². The molecule has 2 aromatic rings. The minimum absolute atomic E-state index is 0.286. The van der Waals surface area contributed by atoms with Gasteiger partial charge >= 0.3 is 0 Å². The van der Waals surface area contributed by atoms with E-state index in [1.807, 2.05) is 18.2 Å². The van der Waals surface area contributed by atoms with E-state index < -0.39 is 0 Å². The van der Waals surface area contributed by atoms with Gasteiger partial charge in [0.25, 0.3) is 5.91 Å². The van der Waals surface area contributed by atoms with Gasteiger partial charge in [-0.2, -0.15) is 0 Å². The van der Waals surface area contributed by atoms with Crippen LogP contribution in [0.1, 0.15) is 29.8 Å². The molecular weight excluding hydrogens is 318 g/mol. The van der Waals surface area contributed by atoms with Gasteiger partial charge in [0.2, 0.25) is 0 Å². The minimum Gasteiger partial charge on any atom is -0.493 e. The van der Waals surface area contributed by atoms with E-state index in [0.717, 1.165) is 34.5 Å². The number of guanidine groups is 1. The monoisotopic (exact) mass is 343 g/mol. The van der Waals surface area contributed by atoms with Crippen LogP contribution in [0.15, 0.2) is 24.3 Å². The minimum atomic E-state index is -0.336. The van der Waals surface area contributed by atoms with E-state index in [9.17, 15) is 4.79 Å². The highest BCUT2D eigenvalue weighted by molar-refractivity contribution is 6.05. The van der Waals surface area contributed by atoms with Gasteiger partial charge in [-0.25, -0.2) is 0 Å².